The first-order chi connectivity index (χ1) is 13.7. The lowest BCUT2D eigenvalue weighted by Crippen LogP contribution is -2.48. The van der Waals surface area contributed by atoms with E-state index in [0.717, 1.165) is 59.5 Å². The second kappa shape index (κ2) is 8.53. The number of carbonyl (C=O) groups is 1. The van der Waals surface area contributed by atoms with Gasteiger partial charge in [0, 0.05) is 31.1 Å². The van der Waals surface area contributed by atoms with Crippen molar-refractivity contribution >= 4 is 44.4 Å². The highest BCUT2D eigenvalue weighted by atomic mass is 32.2. The molecule has 146 valence electrons. The molecule has 0 unspecified atom stereocenters. The van der Waals surface area contributed by atoms with Gasteiger partial charge in [-0.1, -0.05) is 43.4 Å². The quantitative estimate of drug-likeness (QED) is 0.558. The van der Waals surface area contributed by atoms with Crippen LogP contribution in [0.4, 0.5) is 5.13 Å². The van der Waals surface area contributed by atoms with E-state index < -0.39 is 0 Å². The van der Waals surface area contributed by atoms with Crippen LogP contribution in [0.5, 0.6) is 0 Å². The van der Waals surface area contributed by atoms with Crippen LogP contribution in [0.2, 0.25) is 0 Å². The Morgan fingerprint density at radius 3 is 2.64 bits per heavy atom. The highest BCUT2D eigenvalue weighted by Crippen LogP contribution is 2.31. The van der Waals surface area contributed by atoms with Gasteiger partial charge in [0.25, 0.3) is 5.91 Å². The molecule has 3 aromatic rings. The van der Waals surface area contributed by atoms with Gasteiger partial charge in [-0.25, -0.2) is 4.98 Å². The van der Waals surface area contributed by atoms with Gasteiger partial charge in [0.05, 0.1) is 15.8 Å². The lowest BCUT2D eigenvalue weighted by Gasteiger charge is -2.34. The van der Waals surface area contributed by atoms with Crippen LogP contribution >= 0.6 is 23.1 Å². The van der Waals surface area contributed by atoms with Crippen molar-refractivity contribution in [2.75, 3.05) is 36.8 Å². The molecule has 0 radical (unpaired) electrons. The predicted molar refractivity (Wildman–Crippen MR) is 120 cm³/mol. The lowest BCUT2D eigenvalue weighted by molar-refractivity contribution is 0.0743. The first kappa shape index (κ1) is 19.3. The van der Waals surface area contributed by atoms with Crippen molar-refractivity contribution in [1.82, 2.24) is 9.88 Å². The Balaban J connectivity index is 1.45. The molecule has 0 bridgehead atoms. The number of hydrogen-bond acceptors (Lipinski definition) is 5. The van der Waals surface area contributed by atoms with Crippen molar-refractivity contribution in [1.29, 1.82) is 0 Å². The van der Waals surface area contributed by atoms with Crippen molar-refractivity contribution in [3.63, 3.8) is 0 Å². The molecular weight excluding hydrogens is 386 g/mol. The Morgan fingerprint density at radius 2 is 1.89 bits per heavy atom. The number of rotatable bonds is 5. The van der Waals surface area contributed by atoms with Crippen LogP contribution in [0.1, 0.15) is 29.8 Å². The Kier molecular flexibility index (Phi) is 5.87. The molecule has 0 spiro atoms. The Bertz CT molecular complexity index is 977. The average Bonchev–Trinajstić information content (AvgIpc) is 3.17. The topological polar surface area (TPSA) is 36.4 Å². The molecule has 0 aliphatic carbocycles. The first-order valence-electron chi connectivity index (χ1n) is 9.85. The number of thiazole rings is 1. The number of carbonyl (C=O) groups excluding carboxylic acids is 1. The Morgan fingerprint density at radius 1 is 1.11 bits per heavy atom. The SMILES string of the molecule is CCSc1ccccc1C(=O)N1CCN(c2nc3ccc(CC)cc3s2)CC1. The molecule has 0 N–H and O–H groups in total. The number of benzene rings is 2. The molecule has 1 aromatic heterocycles. The number of aromatic nitrogens is 1. The third kappa shape index (κ3) is 3.89. The molecule has 28 heavy (non-hydrogen) atoms. The fourth-order valence-electron chi connectivity index (χ4n) is 3.51. The second-order valence-electron chi connectivity index (χ2n) is 6.86. The molecule has 6 heteroatoms. The van der Waals surface area contributed by atoms with E-state index in [1.54, 1.807) is 23.1 Å². The van der Waals surface area contributed by atoms with Gasteiger partial charge in [0.2, 0.25) is 0 Å². The summed E-state index contributed by atoms with van der Waals surface area (Å²) in [6.45, 7) is 7.42. The summed E-state index contributed by atoms with van der Waals surface area (Å²) in [7, 11) is 0. The molecule has 1 aliphatic rings. The molecule has 4 rings (SSSR count). The van der Waals surface area contributed by atoms with Crippen LogP contribution in [0.15, 0.2) is 47.4 Å². The van der Waals surface area contributed by atoms with E-state index in [-0.39, 0.29) is 5.91 Å². The molecule has 0 atom stereocenters. The molecule has 1 amide bonds. The number of fused-ring (bicyclic) bond motifs is 1. The van der Waals surface area contributed by atoms with E-state index in [1.165, 1.54) is 10.3 Å². The average molecular weight is 412 g/mol. The molecule has 1 saturated heterocycles. The molecule has 4 nitrogen and oxygen atoms in total. The largest absolute Gasteiger partial charge is 0.345 e. The molecule has 2 aromatic carbocycles. The smallest absolute Gasteiger partial charge is 0.255 e. The Hall–Kier alpha value is -2.05. The number of nitrogens with zero attached hydrogens (tertiary/aromatic N) is 3. The summed E-state index contributed by atoms with van der Waals surface area (Å²) in [6, 6.07) is 14.5. The highest BCUT2D eigenvalue weighted by Gasteiger charge is 2.25. The van der Waals surface area contributed by atoms with Gasteiger partial charge in [-0.2, -0.15) is 0 Å². The third-order valence-electron chi connectivity index (χ3n) is 5.10. The van der Waals surface area contributed by atoms with E-state index in [0.29, 0.717) is 0 Å². The number of anilines is 1. The first-order valence-corrected chi connectivity index (χ1v) is 11.6. The van der Waals surface area contributed by atoms with Gasteiger partial charge in [-0.15, -0.1) is 11.8 Å². The van der Waals surface area contributed by atoms with Gasteiger partial charge < -0.3 is 9.80 Å². The van der Waals surface area contributed by atoms with Crippen LogP contribution in [0.3, 0.4) is 0 Å². The molecule has 0 saturated carbocycles. The molecule has 1 aliphatic heterocycles. The summed E-state index contributed by atoms with van der Waals surface area (Å²) in [5.41, 5.74) is 3.25. The fraction of sp³-hybridized carbons (Fsp3) is 0.364. The third-order valence-corrected chi connectivity index (χ3v) is 7.14. The van der Waals surface area contributed by atoms with Crippen LogP contribution in [0.25, 0.3) is 10.2 Å². The zero-order valence-electron chi connectivity index (χ0n) is 16.4. The van der Waals surface area contributed by atoms with Crippen LogP contribution in [-0.2, 0) is 6.42 Å². The van der Waals surface area contributed by atoms with Crippen molar-refractivity contribution in [2.45, 2.75) is 25.2 Å². The van der Waals surface area contributed by atoms with E-state index in [9.17, 15) is 4.79 Å². The molecular formula is C22H25N3OS2. The zero-order chi connectivity index (χ0) is 19.5. The van der Waals surface area contributed by atoms with E-state index >= 15 is 0 Å². The van der Waals surface area contributed by atoms with Crippen LogP contribution in [0, 0.1) is 0 Å². The maximum atomic E-state index is 13.0. The maximum Gasteiger partial charge on any atom is 0.255 e. The summed E-state index contributed by atoms with van der Waals surface area (Å²) in [5, 5.41) is 1.07. The number of thioether (sulfide) groups is 1. The van der Waals surface area contributed by atoms with Crippen molar-refractivity contribution in [2.24, 2.45) is 0 Å². The van der Waals surface area contributed by atoms with Gasteiger partial charge in [0.1, 0.15) is 0 Å². The minimum absolute atomic E-state index is 0.146. The number of amides is 1. The minimum Gasteiger partial charge on any atom is -0.345 e. The predicted octanol–water partition coefficient (Wildman–Crippen LogP) is 4.93. The standard InChI is InChI=1S/C22H25N3OS2/c1-3-16-9-10-18-20(15-16)28-22(23-18)25-13-11-24(12-14-25)21(26)17-7-5-6-8-19(17)27-4-2/h5-10,15H,3-4,11-14H2,1-2H3. The summed E-state index contributed by atoms with van der Waals surface area (Å²) in [6.07, 6.45) is 1.04. The highest BCUT2D eigenvalue weighted by molar-refractivity contribution is 7.99. The van der Waals surface area contributed by atoms with Crippen molar-refractivity contribution in [3.8, 4) is 0 Å². The Labute approximate surface area is 174 Å². The van der Waals surface area contributed by atoms with Gasteiger partial charge in [-0.3, -0.25) is 4.79 Å². The number of hydrogen-bond donors (Lipinski definition) is 0. The summed E-state index contributed by atoms with van der Waals surface area (Å²) < 4.78 is 1.25. The van der Waals surface area contributed by atoms with Gasteiger partial charge in [-0.05, 0) is 42.0 Å². The van der Waals surface area contributed by atoms with E-state index in [2.05, 4.69) is 36.9 Å². The normalized spacial score (nSPS) is 14.6. The second-order valence-corrected chi connectivity index (χ2v) is 9.18. The molecule has 1 fully saturated rings. The van der Waals surface area contributed by atoms with Gasteiger partial charge in [0.15, 0.2) is 5.13 Å². The monoisotopic (exact) mass is 411 g/mol. The number of aryl methyl sites for hydroxylation is 1. The summed E-state index contributed by atoms with van der Waals surface area (Å²) in [5.74, 6) is 1.11. The van der Waals surface area contributed by atoms with Crippen molar-refractivity contribution in [3.05, 3.63) is 53.6 Å². The minimum atomic E-state index is 0.146. The van der Waals surface area contributed by atoms with E-state index in [4.69, 9.17) is 4.98 Å². The van der Waals surface area contributed by atoms with Crippen LogP contribution < -0.4 is 4.90 Å². The van der Waals surface area contributed by atoms with Crippen LogP contribution in [-0.4, -0.2) is 47.7 Å². The lowest BCUT2D eigenvalue weighted by atomic mass is 10.2. The van der Waals surface area contributed by atoms with Crippen molar-refractivity contribution < 1.29 is 4.79 Å². The number of piperazine rings is 1. The molecule has 2 heterocycles. The zero-order valence-corrected chi connectivity index (χ0v) is 18.0. The summed E-state index contributed by atoms with van der Waals surface area (Å²) in [4.78, 5) is 23.2. The van der Waals surface area contributed by atoms with Gasteiger partial charge >= 0.3 is 0 Å². The fourth-order valence-corrected chi connectivity index (χ4v) is 5.39. The summed E-state index contributed by atoms with van der Waals surface area (Å²) >= 11 is 3.49. The maximum absolute atomic E-state index is 13.0. The van der Waals surface area contributed by atoms with E-state index in [1.807, 2.05) is 29.2 Å².